The molecule has 0 saturated carbocycles. The number of rotatable bonds is 6. The van der Waals surface area contributed by atoms with Gasteiger partial charge in [0.25, 0.3) is 0 Å². The molecule has 0 spiro atoms. The van der Waals surface area contributed by atoms with Gasteiger partial charge in [-0.1, -0.05) is 50.2 Å². The Balaban J connectivity index is 2.18. The van der Waals surface area contributed by atoms with Gasteiger partial charge in [-0.3, -0.25) is 0 Å². The van der Waals surface area contributed by atoms with Gasteiger partial charge in [0.15, 0.2) is 0 Å². The van der Waals surface area contributed by atoms with E-state index in [-0.39, 0.29) is 0 Å². The highest BCUT2D eigenvalue weighted by Crippen LogP contribution is 2.27. The van der Waals surface area contributed by atoms with Crippen LogP contribution >= 0.6 is 11.8 Å². The Labute approximate surface area is 112 Å². The van der Waals surface area contributed by atoms with E-state index in [9.17, 15) is 0 Å². The van der Waals surface area contributed by atoms with E-state index in [1.807, 2.05) is 35.0 Å². The first-order valence-corrected chi connectivity index (χ1v) is 7.23. The summed E-state index contributed by atoms with van der Waals surface area (Å²) in [7, 11) is 0. The van der Waals surface area contributed by atoms with Crippen molar-refractivity contribution in [3.8, 4) is 5.69 Å². The van der Waals surface area contributed by atoms with Gasteiger partial charge >= 0.3 is 0 Å². The van der Waals surface area contributed by atoms with Gasteiger partial charge in [-0.05, 0) is 35.4 Å². The Morgan fingerprint density at radius 2 is 2.00 bits per heavy atom. The molecule has 18 heavy (non-hydrogen) atoms. The highest BCUT2D eigenvalue weighted by atomic mass is 32.2. The maximum Gasteiger partial charge on any atom is 0.214 e. The molecule has 0 aliphatic rings. The van der Waals surface area contributed by atoms with Crippen LogP contribution in [0, 0.1) is 0 Å². The zero-order chi connectivity index (χ0) is 12.8. The van der Waals surface area contributed by atoms with Gasteiger partial charge in [0.05, 0.1) is 5.69 Å². The SMILES string of the molecule is CCCC(CC)Sc1nnnn1-c1ccccc1. The van der Waals surface area contributed by atoms with Gasteiger partial charge in [0, 0.05) is 5.25 Å². The van der Waals surface area contributed by atoms with Gasteiger partial charge < -0.3 is 0 Å². The summed E-state index contributed by atoms with van der Waals surface area (Å²) in [5.74, 6) is 0. The highest BCUT2D eigenvalue weighted by Gasteiger charge is 2.14. The molecule has 1 heterocycles. The molecule has 4 nitrogen and oxygen atoms in total. The van der Waals surface area contributed by atoms with Crippen LogP contribution in [0.3, 0.4) is 0 Å². The van der Waals surface area contributed by atoms with Crippen LogP contribution in [0.2, 0.25) is 0 Å². The normalized spacial score (nSPS) is 12.6. The van der Waals surface area contributed by atoms with Gasteiger partial charge in [-0.2, -0.15) is 4.68 Å². The molecule has 0 N–H and O–H groups in total. The summed E-state index contributed by atoms with van der Waals surface area (Å²) in [5, 5.41) is 13.4. The van der Waals surface area contributed by atoms with Crippen molar-refractivity contribution >= 4 is 11.8 Å². The highest BCUT2D eigenvalue weighted by molar-refractivity contribution is 7.99. The zero-order valence-corrected chi connectivity index (χ0v) is 11.6. The number of thioether (sulfide) groups is 1. The van der Waals surface area contributed by atoms with Crippen molar-refractivity contribution < 1.29 is 0 Å². The molecule has 5 heteroatoms. The van der Waals surface area contributed by atoms with Crippen LogP contribution in [0.1, 0.15) is 33.1 Å². The molecule has 0 saturated heterocycles. The van der Waals surface area contributed by atoms with E-state index >= 15 is 0 Å². The number of hydrogen-bond acceptors (Lipinski definition) is 4. The van der Waals surface area contributed by atoms with E-state index in [0.717, 1.165) is 17.3 Å². The van der Waals surface area contributed by atoms with Crippen LogP contribution in [0.5, 0.6) is 0 Å². The number of aromatic nitrogens is 4. The molecule has 0 fully saturated rings. The summed E-state index contributed by atoms with van der Waals surface area (Å²) in [6.07, 6.45) is 3.53. The minimum atomic E-state index is 0.587. The fourth-order valence-corrected chi connectivity index (χ4v) is 2.94. The topological polar surface area (TPSA) is 43.6 Å². The number of benzene rings is 1. The predicted octanol–water partition coefficient (Wildman–Crippen LogP) is 3.33. The zero-order valence-electron chi connectivity index (χ0n) is 10.8. The predicted molar refractivity (Wildman–Crippen MR) is 74.0 cm³/mol. The second-order valence-corrected chi connectivity index (χ2v) is 5.41. The van der Waals surface area contributed by atoms with Gasteiger partial charge in [-0.25, -0.2) is 0 Å². The van der Waals surface area contributed by atoms with Crippen LogP contribution in [0.4, 0.5) is 0 Å². The van der Waals surface area contributed by atoms with E-state index < -0.39 is 0 Å². The largest absolute Gasteiger partial charge is 0.214 e. The number of para-hydroxylation sites is 1. The Morgan fingerprint density at radius 1 is 1.22 bits per heavy atom. The van der Waals surface area contributed by atoms with Crippen molar-refractivity contribution in [2.75, 3.05) is 0 Å². The van der Waals surface area contributed by atoms with E-state index in [1.54, 1.807) is 11.8 Å². The fraction of sp³-hybridized carbons (Fsp3) is 0.462. The van der Waals surface area contributed by atoms with Gasteiger partial charge in [-0.15, -0.1) is 5.10 Å². The third kappa shape index (κ3) is 3.10. The molecular weight excluding hydrogens is 244 g/mol. The van der Waals surface area contributed by atoms with Crippen molar-refractivity contribution in [1.82, 2.24) is 20.2 Å². The van der Waals surface area contributed by atoms with Crippen LogP contribution in [-0.2, 0) is 0 Å². The van der Waals surface area contributed by atoms with Crippen molar-refractivity contribution in [2.24, 2.45) is 0 Å². The third-order valence-electron chi connectivity index (χ3n) is 2.78. The fourth-order valence-electron chi connectivity index (χ4n) is 1.80. The Hall–Kier alpha value is -1.36. The Kier molecular flexibility index (Phi) is 4.75. The van der Waals surface area contributed by atoms with Crippen LogP contribution in [0.15, 0.2) is 35.5 Å². The number of tetrazole rings is 1. The molecule has 1 atom stereocenters. The Morgan fingerprint density at radius 3 is 2.67 bits per heavy atom. The third-order valence-corrected chi connectivity index (χ3v) is 4.15. The smallest absolute Gasteiger partial charge is 0.188 e. The first-order valence-electron chi connectivity index (χ1n) is 6.35. The van der Waals surface area contributed by atoms with E-state index in [0.29, 0.717) is 5.25 Å². The number of hydrogen-bond donors (Lipinski definition) is 0. The summed E-state index contributed by atoms with van der Waals surface area (Å²) in [4.78, 5) is 0. The van der Waals surface area contributed by atoms with E-state index in [2.05, 4.69) is 29.4 Å². The first-order chi connectivity index (χ1) is 8.85. The minimum Gasteiger partial charge on any atom is -0.188 e. The lowest BCUT2D eigenvalue weighted by Gasteiger charge is -2.12. The lowest BCUT2D eigenvalue weighted by atomic mass is 10.2. The lowest BCUT2D eigenvalue weighted by Crippen LogP contribution is -2.04. The summed E-state index contributed by atoms with van der Waals surface area (Å²) in [6.45, 7) is 4.42. The van der Waals surface area contributed by atoms with Gasteiger partial charge in [0.2, 0.25) is 5.16 Å². The summed E-state index contributed by atoms with van der Waals surface area (Å²) >= 11 is 1.77. The molecule has 96 valence electrons. The molecule has 1 unspecified atom stereocenters. The quantitative estimate of drug-likeness (QED) is 0.749. The standard InChI is InChI=1S/C13H18N4S/c1-3-8-12(4-2)18-13-14-15-16-17(13)11-9-6-5-7-10-11/h5-7,9-10,12H,3-4,8H2,1-2H3. The molecule has 0 radical (unpaired) electrons. The van der Waals surface area contributed by atoms with Crippen molar-refractivity contribution in [3.63, 3.8) is 0 Å². The second-order valence-electron chi connectivity index (χ2n) is 4.15. The van der Waals surface area contributed by atoms with Crippen LogP contribution < -0.4 is 0 Å². The molecule has 0 aliphatic heterocycles. The lowest BCUT2D eigenvalue weighted by molar-refractivity contribution is 0.708. The maximum absolute atomic E-state index is 4.13. The first kappa shape index (κ1) is 13.1. The minimum absolute atomic E-state index is 0.587. The molecule has 2 aromatic rings. The summed E-state index contributed by atoms with van der Waals surface area (Å²) in [6, 6.07) is 10.0. The molecule has 0 amide bonds. The summed E-state index contributed by atoms with van der Waals surface area (Å²) < 4.78 is 1.81. The van der Waals surface area contributed by atoms with Crippen LogP contribution in [0.25, 0.3) is 5.69 Å². The molecule has 0 bridgehead atoms. The average Bonchev–Trinajstić information content (AvgIpc) is 2.87. The van der Waals surface area contributed by atoms with Gasteiger partial charge in [0.1, 0.15) is 0 Å². The van der Waals surface area contributed by atoms with Crippen molar-refractivity contribution in [2.45, 2.75) is 43.5 Å². The van der Waals surface area contributed by atoms with E-state index in [1.165, 1.54) is 12.8 Å². The maximum atomic E-state index is 4.13. The van der Waals surface area contributed by atoms with Crippen molar-refractivity contribution in [1.29, 1.82) is 0 Å². The van der Waals surface area contributed by atoms with Crippen molar-refractivity contribution in [3.05, 3.63) is 30.3 Å². The summed E-state index contributed by atoms with van der Waals surface area (Å²) in [5.41, 5.74) is 1.01. The molecular formula is C13H18N4S. The molecule has 1 aromatic carbocycles. The Bertz CT molecular complexity index is 469. The van der Waals surface area contributed by atoms with E-state index in [4.69, 9.17) is 0 Å². The molecule has 0 aliphatic carbocycles. The monoisotopic (exact) mass is 262 g/mol. The van der Waals surface area contributed by atoms with Crippen LogP contribution in [-0.4, -0.2) is 25.5 Å². The second kappa shape index (κ2) is 6.54. The number of nitrogens with zero attached hydrogens (tertiary/aromatic N) is 4. The molecule has 1 aromatic heterocycles. The average molecular weight is 262 g/mol. The molecule has 2 rings (SSSR count).